The van der Waals surface area contributed by atoms with Crippen LogP contribution in [-0.4, -0.2) is 6.61 Å². The molecule has 0 saturated heterocycles. The molecule has 0 aliphatic heterocycles. The van der Waals surface area contributed by atoms with Crippen LogP contribution in [0.2, 0.25) is 0 Å². The van der Waals surface area contributed by atoms with Crippen molar-refractivity contribution in [2.45, 2.75) is 32.6 Å². The lowest BCUT2D eigenvalue weighted by molar-refractivity contribution is 0.354. The standard InChI is InChI=1S/C13H15ClOS.C2H6/c1-3-6-11(4-2)10-15-12-7-5-8-13(9-12)16-14;1-2/h3-9H,10H2,1-2H3;1-2H3/b6-3-,11-4+;. The van der Waals surface area contributed by atoms with E-state index in [4.69, 9.17) is 15.4 Å². The summed E-state index contributed by atoms with van der Waals surface area (Å²) in [6, 6.07) is 7.75. The van der Waals surface area contributed by atoms with E-state index in [1.54, 1.807) is 0 Å². The molecule has 1 aromatic carbocycles. The van der Waals surface area contributed by atoms with Gasteiger partial charge < -0.3 is 4.74 Å². The molecule has 0 amide bonds. The second kappa shape index (κ2) is 11.2. The molecule has 0 aliphatic carbocycles. The molecule has 0 spiro atoms. The van der Waals surface area contributed by atoms with Crippen molar-refractivity contribution in [1.82, 2.24) is 0 Å². The first-order chi connectivity index (χ1) is 8.80. The van der Waals surface area contributed by atoms with Crippen LogP contribution in [0.5, 0.6) is 5.75 Å². The lowest BCUT2D eigenvalue weighted by atomic mass is 10.2. The van der Waals surface area contributed by atoms with Crippen molar-refractivity contribution < 1.29 is 4.74 Å². The molecule has 0 atom stereocenters. The fourth-order valence-electron chi connectivity index (χ4n) is 1.22. The van der Waals surface area contributed by atoms with Gasteiger partial charge in [-0.25, -0.2) is 0 Å². The second-order valence-electron chi connectivity index (χ2n) is 3.20. The molecule has 0 N–H and O–H groups in total. The van der Waals surface area contributed by atoms with Crippen molar-refractivity contribution >= 4 is 21.7 Å². The fraction of sp³-hybridized carbons (Fsp3) is 0.333. The van der Waals surface area contributed by atoms with Gasteiger partial charge in [0.25, 0.3) is 0 Å². The Morgan fingerprint density at radius 3 is 2.61 bits per heavy atom. The lowest BCUT2D eigenvalue weighted by Gasteiger charge is -2.07. The maximum Gasteiger partial charge on any atom is 0.120 e. The van der Waals surface area contributed by atoms with Gasteiger partial charge in [-0.15, -0.1) is 0 Å². The maximum atomic E-state index is 5.68. The Bertz CT molecular complexity index is 386. The van der Waals surface area contributed by atoms with E-state index >= 15 is 0 Å². The van der Waals surface area contributed by atoms with Crippen molar-refractivity contribution in [3.8, 4) is 5.75 Å². The molecule has 0 bridgehead atoms. The number of benzene rings is 1. The van der Waals surface area contributed by atoms with Gasteiger partial charge in [-0.3, -0.25) is 0 Å². The topological polar surface area (TPSA) is 9.23 Å². The van der Waals surface area contributed by atoms with Crippen LogP contribution in [-0.2, 0) is 0 Å². The molecule has 18 heavy (non-hydrogen) atoms. The van der Waals surface area contributed by atoms with Crippen LogP contribution in [0.25, 0.3) is 0 Å². The minimum Gasteiger partial charge on any atom is -0.489 e. The Morgan fingerprint density at radius 1 is 1.33 bits per heavy atom. The van der Waals surface area contributed by atoms with Gasteiger partial charge in [0.15, 0.2) is 0 Å². The molecular formula is C15H21ClOS. The number of rotatable bonds is 5. The molecule has 0 radical (unpaired) electrons. The van der Waals surface area contributed by atoms with Gasteiger partial charge in [-0.2, -0.15) is 0 Å². The fourth-order valence-corrected chi connectivity index (χ4v) is 1.80. The van der Waals surface area contributed by atoms with E-state index in [9.17, 15) is 0 Å². The zero-order valence-corrected chi connectivity index (χ0v) is 13.0. The molecule has 0 aliphatic rings. The SMILES string of the molecule is C/C=C\C(=C/C)COc1cccc(SCl)c1.CC. The van der Waals surface area contributed by atoms with Gasteiger partial charge in [-0.05, 0) is 59.3 Å². The molecule has 0 saturated carbocycles. The molecule has 3 heteroatoms. The zero-order chi connectivity index (χ0) is 13.8. The predicted molar refractivity (Wildman–Crippen MR) is 83.6 cm³/mol. The highest BCUT2D eigenvalue weighted by Crippen LogP contribution is 2.25. The summed E-state index contributed by atoms with van der Waals surface area (Å²) in [5, 5.41) is 0. The summed E-state index contributed by atoms with van der Waals surface area (Å²) in [5.74, 6) is 0.842. The normalized spacial score (nSPS) is 11.1. The molecule has 1 aromatic rings. The van der Waals surface area contributed by atoms with E-state index in [1.165, 1.54) is 11.0 Å². The highest BCUT2D eigenvalue weighted by Gasteiger charge is 1.97. The second-order valence-corrected chi connectivity index (χ2v) is 4.29. The zero-order valence-electron chi connectivity index (χ0n) is 11.4. The first kappa shape index (κ1) is 17.1. The third-order valence-corrected chi connectivity index (χ3v) is 3.02. The summed E-state index contributed by atoms with van der Waals surface area (Å²) >= 11 is 0. The van der Waals surface area contributed by atoms with Gasteiger partial charge in [0.05, 0.1) is 0 Å². The molecule has 0 fully saturated rings. The van der Waals surface area contributed by atoms with Gasteiger partial charge in [0.2, 0.25) is 0 Å². The molecular weight excluding hydrogens is 264 g/mol. The van der Waals surface area contributed by atoms with Crippen LogP contribution in [0.4, 0.5) is 0 Å². The number of halogens is 1. The Morgan fingerprint density at radius 2 is 2.06 bits per heavy atom. The smallest absolute Gasteiger partial charge is 0.120 e. The monoisotopic (exact) mass is 284 g/mol. The summed E-state index contributed by atoms with van der Waals surface area (Å²) in [6.45, 7) is 8.58. The van der Waals surface area contributed by atoms with Gasteiger partial charge in [0, 0.05) is 4.90 Å². The van der Waals surface area contributed by atoms with E-state index in [2.05, 4.69) is 0 Å². The van der Waals surface area contributed by atoms with E-state index in [-0.39, 0.29) is 0 Å². The van der Waals surface area contributed by atoms with Crippen molar-refractivity contribution in [2.24, 2.45) is 0 Å². The number of allylic oxidation sites excluding steroid dienone is 2. The Balaban J connectivity index is 0.00000137. The maximum absolute atomic E-state index is 5.68. The van der Waals surface area contributed by atoms with Crippen LogP contribution in [0, 0.1) is 0 Å². The van der Waals surface area contributed by atoms with E-state index in [0.717, 1.165) is 16.2 Å². The minimum atomic E-state index is 0.581. The minimum absolute atomic E-state index is 0.581. The lowest BCUT2D eigenvalue weighted by Crippen LogP contribution is -1.99. The van der Waals surface area contributed by atoms with E-state index in [1.807, 2.05) is 70.2 Å². The van der Waals surface area contributed by atoms with E-state index < -0.39 is 0 Å². The average molecular weight is 285 g/mol. The van der Waals surface area contributed by atoms with Gasteiger partial charge in [0.1, 0.15) is 12.4 Å². The molecule has 100 valence electrons. The van der Waals surface area contributed by atoms with Crippen LogP contribution in [0.3, 0.4) is 0 Å². The third kappa shape index (κ3) is 6.77. The van der Waals surface area contributed by atoms with Crippen LogP contribution in [0.1, 0.15) is 27.7 Å². The van der Waals surface area contributed by atoms with Crippen molar-refractivity contribution in [2.75, 3.05) is 6.61 Å². The van der Waals surface area contributed by atoms with Gasteiger partial charge in [-0.1, -0.05) is 38.1 Å². The van der Waals surface area contributed by atoms with Crippen molar-refractivity contribution in [3.63, 3.8) is 0 Å². The summed E-state index contributed by atoms with van der Waals surface area (Å²) < 4.78 is 5.66. The van der Waals surface area contributed by atoms with Crippen molar-refractivity contribution in [3.05, 3.63) is 48.1 Å². The quantitative estimate of drug-likeness (QED) is 0.626. The number of hydrogen-bond acceptors (Lipinski definition) is 2. The molecule has 0 aromatic heterocycles. The Kier molecular flexibility index (Phi) is 10.7. The summed E-state index contributed by atoms with van der Waals surface area (Å²) in [4.78, 5) is 0.993. The van der Waals surface area contributed by atoms with Crippen molar-refractivity contribution in [1.29, 1.82) is 0 Å². The summed E-state index contributed by atoms with van der Waals surface area (Å²) in [6.07, 6.45) is 6.09. The third-order valence-electron chi connectivity index (χ3n) is 2.05. The van der Waals surface area contributed by atoms with Gasteiger partial charge >= 0.3 is 0 Å². The first-order valence-electron chi connectivity index (χ1n) is 6.09. The Hall–Kier alpha value is -0.860. The molecule has 0 heterocycles. The molecule has 1 nitrogen and oxygen atoms in total. The molecule has 0 unspecified atom stereocenters. The predicted octanol–water partition coefficient (Wildman–Crippen LogP) is 5.86. The van der Waals surface area contributed by atoms with E-state index in [0.29, 0.717) is 6.61 Å². The first-order valence-corrected chi connectivity index (χ1v) is 7.73. The Labute approximate surface area is 119 Å². The van der Waals surface area contributed by atoms with Crippen LogP contribution in [0.15, 0.2) is 53.0 Å². The highest BCUT2D eigenvalue weighted by atomic mass is 35.7. The van der Waals surface area contributed by atoms with Crippen LogP contribution >= 0.6 is 21.7 Å². The largest absolute Gasteiger partial charge is 0.489 e. The average Bonchev–Trinajstić information content (AvgIpc) is 2.45. The summed E-state index contributed by atoms with van der Waals surface area (Å²) in [5.41, 5.74) is 1.16. The number of ether oxygens (including phenoxy) is 1. The number of hydrogen-bond donors (Lipinski definition) is 0. The van der Waals surface area contributed by atoms with Crippen LogP contribution < -0.4 is 4.74 Å². The summed E-state index contributed by atoms with van der Waals surface area (Å²) in [7, 11) is 6.87. The molecule has 1 rings (SSSR count). The highest BCUT2D eigenvalue weighted by molar-refractivity contribution is 8.21.